The fourth-order valence-corrected chi connectivity index (χ4v) is 4.91. The second kappa shape index (κ2) is 8.93. The van der Waals surface area contributed by atoms with Gasteiger partial charge in [-0.3, -0.25) is 4.68 Å². The van der Waals surface area contributed by atoms with Crippen molar-refractivity contribution in [2.24, 2.45) is 14.1 Å². The minimum atomic E-state index is -0.132. The average molecular weight is 504 g/mol. The first kappa shape index (κ1) is 24.9. The largest absolute Gasteiger partial charge is 0.497 e. The van der Waals surface area contributed by atoms with Crippen molar-refractivity contribution in [2.45, 2.75) is 45.6 Å². The van der Waals surface area contributed by atoms with Crippen LogP contribution in [-0.2, 0) is 19.5 Å². The van der Waals surface area contributed by atoms with E-state index in [1.165, 1.54) is 5.69 Å². The topological polar surface area (TPSA) is 89.2 Å². The van der Waals surface area contributed by atoms with Gasteiger partial charge in [-0.1, -0.05) is 20.8 Å². The Labute approximate surface area is 218 Å². The highest BCUT2D eigenvalue weighted by Crippen LogP contribution is 2.33. The van der Waals surface area contributed by atoms with Crippen LogP contribution < -0.4 is 19.9 Å². The molecule has 0 atom stereocenters. The lowest BCUT2D eigenvalue weighted by atomic mass is 9.92. The molecule has 196 valence electrons. The molecule has 10 heteroatoms. The van der Waals surface area contributed by atoms with E-state index in [1.54, 1.807) is 13.4 Å². The fraction of sp³-hybridized carbons (Fsp3) is 0.481. The molecule has 5 rings (SSSR count). The van der Waals surface area contributed by atoms with E-state index in [9.17, 15) is 0 Å². The summed E-state index contributed by atoms with van der Waals surface area (Å²) >= 11 is 0. The van der Waals surface area contributed by atoms with Crippen molar-refractivity contribution in [3.05, 3.63) is 42.4 Å². The number of hydrogen-bond acceptors (Lipinski definition) is 8. The monoisotopic (exact) mass is 503 g/mol. The number of aryl methyl sites for hydroxylation is 2. The molecule has 1 aliphatic heterocycles. The Hall–Kier alpha value is -3.82. The SMILES string of the molecule is COc1ccc(N2CCN(c3nc(Nc4cc(C(C)(C)C)nn4C)c4c(ncn4C)n3)CC2(C)C)cc1. The van der Waals surface area contributed by atoms with Crippen molar-refractivity contribution < 1.29 is 4.74 Å². The number of ether oxygens (including phenoxy) is 1. The van der Waals surface area contributed by atoms with Crippen molar-refractivity contribution in [3.8, 4) is 5.75 Å². The number of piperazine rings is 1. The summed E-state index contributed by atoms with van der Waals surface area (Å²) in [5, 5.41) is 8.23. The van der Waals surface area contributed by atoms with Gasteiger partial charge in [0.15, 0.2) is 11.5 Å². The quantitative estimate of drug-likeness (QED) is 0.432. The highest BCUT2D eigenvalue weighted by Gasteiger charge is 2.35. The first-order chi connectivity index (χ1) is 17.5. The number of benzene rings is 1. The van der Waals surface area contributed by atoms with Gasteiger partial charge in [0.05, 0.1) is 24.7 Å². The third-order valence-electron chi connectivity index (χ3n) is 7.02. The van der Waals surface area contributed by atoms with E-state index in [0.717, 1.165) is 48.2 Å². The molecule has 1 fully saturated rings. The normalized spacial score (nSPS) is 15.9. The molecular formula is C27H37N9O. The molecule has 0 amide bonds. The number of rotatable bonds is 5. The third kappa shape index (κ3) is 4.68. The second-order valence-corrected chi connectivity index (χ2v) is 11.4. The molecule has 1 aromatic carbocycles. The lowest BCUT2D eigenvalue weighted by molar-refractivity contribution is 0.408. The number of nitrogens with one attached hydrogen (secondary N) is 1. The van der Waals surface area contributed by atoms with Crippen molar-refractivity contribution in [2.75, 3.05) is 41.9 Å². The van der Waals surface area contributed by atoms with Crippen LogP contribution in [-0.4, -0.2) is 61.6 Å². The maximum absolute atomic E-state index is 5.34. The molecule has 0 saturated carbocycles. The highest BCUT2D eigenvalue weighted by atomic mass is 16.5. The predicted octanol–water partition coefficient (Wildman–Crippen LogP) is 4.25. The zero-order valence-corrected chi connectivity index (χ0v) is 23.1. The van der Waals surface area contributed by atoms with Gasteiger partial charge in [-0.2, -0.15) is 15.1 Å². The summed E-state index contributed by atoms with van der Waals surface area (Å²) in [6.07, 6.45) is 1.78. The summed E-state index contributed by atoms with van der Waals surface area (Å²) in [4.78, 5) is 19.1. The van der Waals surface area contributed by atoms with Crippen LogP contribution >= 0.6 is 0 Å². The summed E-state index contributed by atoms with van der Waals surface area (Å²) in [5.41, 5.74) is 3.55. The molecule has 1 saturated heterocycles. The first-order valence-electron chi connectivity index (χ1n) is 12.6. The van der Waals surface area contributed by atoms with E-state index < -0.39 is 0 Å². The Kier molecular flexibility index (Phi) is 6.00. The number of fused-ring (bicyclic) bond motifs is 1. The summed E-state index contributed by atoms with van der Waals surface area (Å²) in [7, 11) is 5.60. The average Bonchev–Trinajstić information content (AvgIpc) is 3.41. The third-order valence-corrected chi connectivity index (χ3v) is 7.02. The van der Waals surface area contributed by atoms with Crippen LogP contribution in [0.25, 0.3) is 11.2 Å². The van der Waals surface area contributed by atoms with E-state index in [-0.39, 0.29) is 11.0 Å². The van der Waals surface area contributed by atoms with E-state index in [2.05, 4.69) is 72.9 Å². The fourth-order valence-electron chi connectivity index (χ4n) is 4.91. The van der Waals surface area contributed by atoms with E-state index in [0.29, 0.717) is 11.6 Å². The molecule has 4 aromatic rings. The van der Waals surface area contributed by atoms with Gasteiger partial charge in [-0.15, -0.1) is 0 Å². The van der Waals surface area contributed by atoms with Crippen molar-refractivity contribution >= 4 is 34.4 Å². The number of methoxy groups -OCH3 is 1. The number of anilines is 4. The molecule has 0 aliphatic carbocycles. The van der Waals surface area contributed by atoms with E-state index in [4.69, 9.17) is 19.8 Å². The minimum Gasteiger partial charge on any atom is -0.497 e. The van der Waals surface area contributed by atoms with Gasteiger partial charge in [0.1, 0.15) is 17.1 Å². The van der Waals surface area contributed by atoms with Crippen LogP contribution in [0.4, 0.5) is 23.3 Å². The van der Waals surface area contributed by atoms with E-state index in [1.807, 2.05) is 35.5 Å². The maximum Gasteiger partial charge on any atom is 0.229 e. The zero-order valence-electron chi connectivity index (χ0n) is 23.1. The van der Waals surface area contributed by atoms with Crippen LogP contribution in [0, 0.1) is 0 Å². The van der Waals surface area contributed by atoms with Crippen LogP contribution in [0.2, 0.25) is 0 Å². The van der Waals surface area contributed by atoms with Gasteiger partial charge in [0.2, 0.25) is 5.95 Å². The van der Waals surface area contributed by atoms with Gasteiger partial charge in [-0.25, -0.2) is 4.98 Å². The van der Waals surface area contributed by atoms with Crippen molar-refractivity contribution in [1.29, 1.82) is 0 Å². The van der Waals surface area contributed by atoms with Gasteiger partial charge in [0.25, 0.3) is 0 Å². The molecule has 1 N–H and O–H groups in total. The van der Waals surface area contributed by atoms with Crippen LogP contribution in [0.15, 0.2) is 36.7 Å². The van der Waals surface area contributed by atoms with Gasteiger partial charge in [-0.05, 0) is 38.1 Å². The maximum atomic E-state index is 5.34. The Balaban J connectivity index is 1.46. The van der Waals surface area contributed by atoms with Gasteiger partial charge < -0.3 is 24.4 Å². The summed E-state index contributed by atoms with van der Waals surface area (Å²) in [6, 6.07) is 10.3. The molecule has 10 nitrogen and oxygen atoms in total. The first-order valence-corrected chi connectivity index (χ1v) is 12.6. The standard InChI is InChI=1S/C27H37N9O/c1-26(2,3)20-15-21(34(7)32-20)29-24-22-23(28-17-33(22)6)30-25(31-24)35-13-14-36(27(4,5)16-35)18-9-11-19(37-8)12-10-18/h9-12,15,17H,13-14,16H2,1-8H3,(H,29,30,31). The lowest BCUT2D eigenvalue weighted by Crippen LogP contribution is -2.60. The Bertz CT molecular complexity index is 1410. The summed E-state index contributed by atoms with van der Waals surface area (Å²) < 4.78 is 9.15. The molecule has 0 bridgehead atoms. The predicted molar refractivity (Wildman–Crippen MR) is 148 cm³/mol. The lowest BCUT2D eigenvalue weighted by Gasteiger charge is -2.48. The molecule has 1 aliphatic rings. The Morgan fingerprint density at radius 2 is 1.76 bits per heavy atom. The van der Waals surface area contributed by atoms with Crippen molar-refractivity contribution in [1.82, 2.24) is 29.3 Å². The molecule has 0 unspecified atom stereocenters. The summed E-state index contributed by atoms with van der Waals surface area (Å²) in [6.45, 7) is 13.4. The second-order valence-electron chi connectivity index (χ2n) is 11.4. The van der Waals surface area contributed by atoms with Gasteiger partial charge >= 0.3 is 0 Å². The van der Waals surface area contributed by atoms with E-state index >= 15 is 0 Å². The molecule has 0 spiro atoms. The van der Waals surface area contributed by atoms with Crippen LogP contribution in [0.1, 0.15) is 40.3 Å². The Morgan fingerprint density at radius 3 is 2.38 bits per heavy atom. The zero-order chi connectivity index (χ0) is 26.5. The highest BCUT2D eigenvalue weighted by molar-refractivity contribution is 5.86. The van der Waals surface area contributed by atoms with Crippen LogP contribution in [0.3, 0.4) is 0 Å². The van der Waals surface area contributed by atoms with Crippen LogP contribution in [0.5, 0.6) is 5.75 Å². The Morgan fingerprint density at radius 1 is 1.03 bits per heavy atom. The molecule has 0 radical (unpaired) electrons. The smallest absolute Gasteiger partial charge is 0.229 e. The molecular weight excluding hydrogens is 466 g/mol. The molecule has 3 aromatic heterocycles. The molecule has 4 heterocycles. The number of imidazole rings is 1. The summed E-state index contributed by atoms with van der Waals surface area (Å²) in [5.74, 6) is 3.13. The number of nitrogens with zero attached hydrogens (tertiary/aromatic N) is 8. The molecule has 37 heavy (non-hydrogen) atoms. The van der Waals surface area contributed by atoms with Gasteiger partial charge in [0, 0.05) is 50.9 Å². The number of aromatic nitrogens is 6. The number of hydrogen-bond donors (Lipinski definition) is 1. The minimum absolute atomic E-state index is 0.0501. The van der Waals surface area contributed by atoms with Crippen molar-refractivity contribution in [3.63, 3.8) is 0 Å².